The Morgan fingerprint density at radius 1 is 1.29 bits per heavy atom. The monoisotopic (exact) mass is 306 g/mol. The average molecular weight is 307 g/mol. The Kier molecular flexibility index (Phi) is 4.90. The van der Waals surface area contributed by atoms with E-state index in [-0.39, 0.29) is 10.9 Å². The molecule has 0 spiro atoms. The molecule has 0 aromatic heterocycles. The molecule has 4 nitrogen and oxygen atoms in total. The molecule has 6 heteroatoms. The molecule has 108 valence electrons. The third-order valence-electron chi connectivity index (χ3n) is 2.66. The van der Waals surface area contributed by atoms with Crippen molar-refractivity contribution in [2.24, 2.45) is 5.16 Å². The van der Waals surface area contributed by atoms with Gasteiger partial charge < -0.3 is 10.2 Å². The largest absolute Gasteiger partial charge is 0.399 e. The summed E-state index contributed by atoms with van der Waals surface area (Å²) in [6, 6.07) is 10.8. The van der Waals surface area contributed by atoms with Crippen LogP contribution in [0.1, 0.15) is 15.9 Å². The van der Waals surface area contributed by atoms with E-state index in [1.807, 2.05) is 0 Å². The van der Waals surface area contributed by atoms with E-state index in [0.717, 1.165) is 5.56 Å². The number of carbonyl (C=O) groups is 1. The van der Waals surface area contributed by atoms with Crippen LogP contribution in [-0.4, -0.2) is 19.2 Å². The lowest BCUT2D eigenvalue weighted by atomic mass is 10.1. The second-order valence-corrected chi connectivity index (χ2v) is 4.53. The predicted octanol–water partition coefficient (Wildman–Crippen LogP) is 3.71. The second kappa shape index (κ2) is 6.85. The molecule has 1 amide bonds. The van der Waals surface area contributed by atoms with Crippen LogP contribution in [0.25, 0.3) is 0 Å². The Morgan fingerprint density at radius 2 is 2.00 bits per heavy atom. The molecule has 0 radical (unpaired) electrons. The molecule has 0 aliphatic heterocycles. The number of nitrogens with one attached hydrogen (secondary N) is 1. The van der Waals surface area contributed by atoms with Gasteiger partial charge >= 0.3 is 0 Å². The molecule has 0 fully saturated rings. The highest BCUT2D eigenvalue weighted by molar-refractivity contribution is 6.31. The van der Waals surface area contributed by atoms with Crippen LogP contribution in [0, 0.1) is 5.82 Å². The van der Waals surface area contributed by atoms with Gasteiger partial charge in [0.25, 0.3) is 5.91 Å². The van der Waals surface area contributed by atoms with E-state index in [9.17, 15) is 9.18 Å². The van der Waals surface area contributed by atoms with Gasteiger partial charge in [0, 0.05) is 11.3 Å². The minimum Gasteiger partial charge on any atom is -0.399 e. The van der Waals surface area contributed by atoms with E-state index in [1.54, 1.807) is 24.3 Å². The van der Waals surface area contributed by atoms with Gasteiger partial charge in [-0.3, -0.25) is 4.79 Å². The van der Waals surface area contributed by atoms with Crippen molar-refractivity contribution in [3.63, 3.8) is 0 Å². The molecule has 0 aliphatic carbocycles. The number of anilines is 1. The third kappa shape index (κ3) is 4.03. The van der Waals surface area contributed by atoms with Crippen LogP contribution in [-0.2, 0) is 4.84 Å². The van der Waals surface area contributed by atoms with Gasteiger partial charge in [-0.25, -0.2) is 4.39 Å². The van der Waals surface area contributed by atoms with Gasteiger partial charge in [0.15, 0.2) is 0 Å². The summed E-state index contributed by atoms with van der Waals surface area (Å²) >= 11 is 5.66. The summed E-state index contributed by atoms with van der Waals surface area (Å²) in [6.07, 6.45) is 1.53. The van der Waals surface area contributed by atoms with Crippen molar-refractivity contribution in [3.05, 3.63) is 64.4 Å². The lowest BCUT2D eigenvalue weighted by Gasteiger charge is -2.06. The maximum absolute atomic E-state index is 13.0. The summed E-state index contributed by atoms with van der Waals surface area (Å²) in [6.45, 7) is 0. The zero-order valence-electron chi connectivity index (χ0n) is 11.1. The van der Waals surface area contributed by atoms with Crippen molar-refractivity contribution in [2.75, 3.05) is 12.4 Å². The molecule has 0 heterocycles. The third-order valence-corrected chi connectivity index (χ3v) is 2.95. The summed E-state index contributed by atoms with van der Waals surface area (Å²) in [7, 11) is 1.45. The first-order valence-electron chi connectivity index (χ1n) is 6.03. The van der Waals surface area contributed by atoms with Crippen molar-refractivity contribution in [1.29, 1.82) is 0 Å². The minimum atomic E-state index is -0.531. The van der Waals surface area contributed by atoms with E-state index in [2.05, 4.69) is 15.3 Å². The van der Waals surface area contributed by atoms with Crippen LogP contribution >= 0.6 is 11.6 Å². The van der Waals surface area contributed by atoms with Crippen molar-refractivity contribution in [2.45, 2.75) is 0 Å². The number of halogens is 2. The molecule has 0 atom stereocenters. The number of rotatable bonds is 4. The van der Waals surface area contributed by atoms with E-state index in [0.29, 0.717) is 11.3 Å². The van der Waals surface area contributed by atoms with Gasteiger partial charge in [-0.2, -0.15) is 0 Å². The molecule has 0 bridgehead atoms. The second-order valence-electron chi connectivity index (χ2n) is 4.12. The molecule has 1 N–H and O–H groups in total. The highest BCUT2D eigenvalue weighted by Gasteiger charge is 2.07. The number of hydrogen-bond acceptors (Lipinski definition) is 3. The number of nitrogens with zero attached hydrogens (tertiary/aromatic N) is 1. The summed E-state index contributed by atoms with van der Waals surface area (Å²) in [5.41, 5.74) is 1.69. The molecule has 2 aromatic rings. The van der Waals surface area contributed by atoms with E-state index in [1.165, 1.54) is 31.5 Å². The fourth-order valence-electron chi connectivity index (χ4n) is 1.61. The highest BCUT2D eigenvalue weighted by Crippen LogP contribution is 2.19. The zero-order chi connectivity index (χ0) is 15.2. The number of carbonyl (C=O) groups excluding carboxylic acids is 1. The Hall–Kier alpha value is -2.40. The highest BCUT2D eigenvalue weighted by atomic mass is 35.5. The van der Waals surface area contributed by atoms with Crippen LogP contribution in [0.3, 0.4) is 0 Å². The van der Waals surface area contributed by atoms with Gasteiger partial charge in [0.05, 0.1) is 11.2 Å². The van der Waals surface area contributed by atoms with Crippen molar-refractivity contribution >= 4 is 29.4 Å². The summed E-state index contributed by atoms with van der Waals surface area (Å²) in [5, 5.41) is 6.22. The van der Waals surface area contributed by atoms with Gasteiger partial charge in [-0.1, -0.05) is 28.9 Å². The SMILES string of the molecule is CO/N=C/c1ccc(C(=O)Nc2ccc(F)c(Cl)c2)cc1. The molecule has 0 saturated carbocycles. The molecular formula is C15H12ClFN2O2. The molecule has 21 heavy (non-hydrogen) atoms. The van der Waals surface area contributed by atoms with Crippen LogP contribution in [0.15, 0.2) is 47.6 Å². The maximum atomic E-state index is 13.0. The average Bonchev–Trinajstić information content (AvgIpc) is 2.49. The smallest absolute Gasteiger partial charge is 0.255 e. The maximum Gasteiger partial charge on any atom is 0.255 e. The van der Waals surface area contributed by atoms with Crippen molar-refractivity contribution in [3.8, 4) is 0 Å². The lowest BCUT2D eigenvalue weighted by molar-refractivity contribution is 0.102. The zero-order valence-corrected chi connectivity index (χ0v) is 11.9. The van der Waals surface area contributed by atoms with Crippen molar-refractivity contribution in [1.82, 2.24) is 0 Å². The number of hydrogen-bond donors (Lipinski definition) is 1. The van der Waals surface area contributed by atoms with Gasteiger partial charge in [-0.05, 0) is 35.9 Å². The van der Waals surface area contributed by atoms with Gasteiger partial charge in [0.1, 0.15) is 12.9 Å². The number of amides is 1. The fraction of sp³-hybridized carbons (Fsp3) is 0.0667. The molecule has 0 aliphatic rings. The lowest BCUT2D eigenvalue weighted by Crippen LogP contribution is -2.11. The first-order chi connectivity index (χ1) is 10.1. The van der Waals surface area contributed by atoms with E-state index in [4.69, 9.17) is 11.6 Å². The molecule has 0 saturated heterocycles. The van der Waals surface area contributed by atoms with E-state index < -0.39 is 5.82 Å². The van der Waals surface area contributed by atoms with Crippen LogP contribution < -0.4 is 5.32 Å². The Labute approximate surface area is 126 Å². The minimum absolute atomic E-state index is 0.0427. The quantitative estimate of drug-likeness (QED) is 0.691. The molecule has 2 rings (SSSR count). The number of benzene rings is 2. The summed E-state index contributed by atoms with van der Waals surface area (Å²) < 4.78 is 13.0. The topological polar surface area (TPSA) is 50.7 Å². The Balaban J connectivity index is 2.09. The summed E-state index contributed by atoms with van der Waals surface area (Å²) in [4.78, 5) is 16.6. The fourth-order valence-corrected chi connectivity index (χ4v) is 1.79. The van der Waals surface area contributed by atoms with E-state index >= 15 is 0 Å². The first kappa shape index (κ1) is 15.0. The predicted molar refractivity (Wildman–Crippen MR) is 80.4 cm³/mol. The van der Waals surface area contributed by atoms with Gasteiger partial charge in [-0.15, -0.1) is 0 Å². The Bertz CT molecular complexity index is 672. The Morgan fingerprint density at radius 3 is 2.62 bits per heavy atom. The van der Waals surface area contributed by atoms with Crippen LogP contribution in [0.2, 0.25) is 5.02 Å². The normalized spacial score (nSPS) is 10.6. The standard InChI is InChI=1S/C15H12ClFN2O2/c1-21-18-9-10-2-4-11(5-3-10)15(20)19-12-6-7-14(17)13(16)8-12/h2-9H,1H3,(H,19,20)/b18-9+. The molecule has 0 unspecified atom stereocenters. The first-order valence-corrected chi connectivity index (χ1v) is 6.41. The molecule has 2 aromatic carbocycles. The molecular weight excluding hydrogens is 295 g/mol. The number of oxime groups is 1. The van der Waals surface area contributed by atoms with Crippen LogP contribution in [0.4, 0.5) is 10.1 Å². The van der Waals surface area contributed by atoms with Gasteiger partial charge in [0.2, 0.25) is 0 Å². The van der Waals surface area contributed by atoms with Crippen molar-refractivity contribution < 1.29 is 14.0 Å². The van der Waals surface area contributed by atoms with Crippen LogP contribution in [0.5, 0.6) is 0 Å². The summed E-state index contributed by atoms with van der Waals surface area (Å²) in [5.74, 6) is -0.843.